The molecule has 5 rings (SSSR count). The smallest absolute Gasteiger partial charge is 0.192 e. The first kappa shape index (κ1) is 16.1. The van der Waals surface area contributed by atoms with Crippen LogP contribution in [-0.2, 0) is 11.4 Å². The maximum atomic E-state index is 5.33. The number of rotatable bonds is 5. The van der Waals surface area contributed by atoms with Crippen LogP contribution < -0.4 is 0 Å². The van der Waals surface area contributed by atoms with Gasteiger partial charge in [0.1, 0.15) is 6.33 Å². The molecule has 2 aromatic carbocycles. The number of hydrogen-bond acceptors (Lipinski definition) is 6. The average molecular weight is 369 g/mol. The second kappa shape index (κ2) is 6.92. The van der Waals surface area contributed by atoms with Gasteiger partial charge in [-0.25, -0.2) is 19.2 Å². The van der Waals surface area contributed by atoms with Crippen LogP contribution in [0.25, 0.3) is 22.4 Å². The highest BCUT2D eigenvalue weighted by molar-refractivity contribution is 5.89. The Morgan fingerprint density at radius 2 is 1.75 bits per heavy atom. The second-order valence-electron chi connectivity index (χ2n) is 6.09. The number of fused-ring (bicyclic) bond motifs is 3. The summed E-state index contributed by atoms with van der Waals surface area (Å²) in [6.45, 7) is 0.166. The molecule has 0 fully saturated rings. The van der Waals surface area contributed by atoms with E-state index in [0.29, 0.717) is 11.5 Å². The van der Waals surface area contributed by atoms with Gasteiger partial charge < -0.3 is 4.84 Å². The molecule has 0 saturated carbocycles. The Bertz CT molecular complexity index is 1260. The van der Waals surface area contributed by atoms with Gasteiger partial charge in [0.25, 0.3) is 0 Å². The summed E-state index contributed by atoms with van der Waals surface area (Å²) in [7, 11) is 0. The van der Waals surface area contributed by atoms with E-state index in [1.807, 2.05) is 60.7 Å². The van der Waals surface area contributed by atoms with Crippen LogP contribution in [0.2, 0.25) is 0 Å². The molecule has 3 heterocycles. The number of benzene rings is 2. The van der Waals surface area contributed by atoms with Gasteiger partial charge in [-0.3, -0.25) is 0 Å². The van der Waals surface area contributed by atoms with E-state index >= 15 is 0 Å². The van der Waals surface area contributed by atoms with E-state index in [-0.39, 0.29) is 6.61 Å². The second-order valence-corrected chi connectivity index (χ2v) is 6.09. The highest BCUT2D eigenvalue weighted by Crippen LogP contribution is 2.19. The molecule has 0 aliphatic rings. The Morgan fingerprint density at radius 1 is 0.964 bits per heavy atom. The molecule has 0 aliphatic carbocycles. The Labute approximate surface area is 159 Å². The van der Waals surface area contributed by atoms with Gasteiger partial charge in [-0.1, -0.05) is 53.7 Å². The van der Waals surface area contributed by atoms with E-state index in [2.05, 4.69) is 25.3 Å². The summed E-state index contributed by atoms with van der Waals surface area (Å²) < 4.78 is 3.41. The van der Waals surface area contributed by atoms with Crippen molar-refractivity contribution in [3.05, 3.63) is 84.6 Å². The molecule has 0 saturated heterocycles. The van der Waals surface area contributed by atoms with Crippen molar-refractivity contribution in [1.29, 1.82) is 0 Å². The molecule has 0 atom stereocenters. The molecule has 5 aromatic rings. The fourth-order valence-corrected chi connectivity index (χ4v) is 2.92. The van der Waals surface area contributed by atoms with Crippen LogP contribution in [0.1, 0.15) is 11.4 Å². The SMILES string of the molecule is C(=N\OCc1nc2c3cnn(-c4ccccc4)c3ncn2n1)/c1ccccc1. The first-order chi connectivity index (χ1) is 13.9. The summed E-state index contributed by atoms with van der Waals surface area (Å²) in [4.78, 5) is 14.4. The van der Waals surface area contributed by atoms with Crippen molar-refractivity contribution in [2.24, 2.45) is 5.16 Å². The molecule has 0 aliphatic heterocycles. The van der Waals surface area contributed by atoms with Crippen LogP contribution in [0.3, 0.4) is 0 Å². The molecule has 136 valence electrons. The van der Waals surface area contributed by atoms with Gasteiger partial charge in [-0.15, -0.1) is 5.10 Å². The summed E-state index contributed by atoms with van der Waals surface area (Å²) in [5.74, 6) is 0.520. The molecule has 0 radical (unpaired) electrons. The average Bonchev–Trinajstić information content (AvgIpc) is 3.36. The van der Waals surface area contributed by atoms with Gasteiger partial charge in [0.15, 0.2) is 23.7 Å². The first-order valence-corrected chi connectivity index (χ1v) is 8.72. The minimum Gasteiger partial charge on any atom is -0.387 e. The molecule has 28 heavy (non-hydrogen) atoms. The van der Waals surface area contributed by atoms with E-state index in [0.717, 1.165) is 22.3 Å². The zero-order valence-electron chi connectivity index (χ0n) is 14.8. The van der Waals surface area contributed by atoms with Gasteiger partial charge in [-0.2, -0.15) is 5.10 Å². The van der Waals surface area contributed by atoms with E-state index in [1.165, 1.54) is 0 Å². The zero-order chi connectivity index (χ0) is 18.8. The number of oxime groups is 1. The zero-order valence-corrected chi connectivity index (χ0v) is 14.8. The van der Waals surface area contributed by atoms with Crippen molar-refractivity contribution >= 4 is 22.9 Å². The fraction of sp³-hybridized carbons (Fsp3) is 0.0500. The summed E-state index contributed by atoms with van der Waals surface area (Å²) in [6, 6.07) is 19.6. The van der Waals surface area contributed by atoms with E-state index < -0.39 is 0 Å². The maximum absolute atomic E-state index is 5.33. The van der Waals surface area contributed by atoms with Gasteiger partial charge in [0, 0.05) is 0 Å². The molecule has 8 nitrogen and oxygen atoms in total. The Kier molecular flexibility index (Phi) is 3.98. The summed E-state index contributed by atoms with van der Waals surface area (Å²) in [5, 5.41) is 13.6. The lowest BCUT2D eigenvalue weighted by atomic mass is 10.2. The monoisotopic (exact) mass is 369 g/mol. The summed E-state index contributed by atoms with van der Waals surface area (Å²) in [6.07, 6.45) is 5.03. The molecule has 0 amide bonds. The van der Waals surface area contributed by atoms with E-state index in [1.54, 1.807) is 27.9 Å². The number of nitrogens with zero attached hydrogens (tertiary/aromatic N) is 7. The van der Waals surface area contributed by atoms with Crippen LogP contribution in [0, 0.1) is 0 Å². The van der Waals surface area contributed by atoms with E-state index in [4.69, 9.17) is 4.84 Å². The highest BCUT2D eigenvalue weighted by atomic mass is 16.6. The van der Waals surface area contributed by atoms with Crippen LogP contribution >= 0.6 is 0 Å². The largest absolute Gasteiger partial charge is 0.387 e. The third-order valence-electron chi connectivity index (χ3n) is 4.22. The van der Waals surface area contributed by atoms with Crippen molar-refractivity contribution in [3.8, 4) is 5.69 Å². The van der Waals surface area contributed by atoms with Gasteiger partial charge in [-0.05, 0) is 17.7 Å². The van der Waals surface area contributed by atoms with Crippen LogP contribution in [0.15, 0.2) is 78.3 Å². The van der Waals surface area contributed by atoms with Crippen LogP contribution in [0.5, 0.6) is 0 Å². The molecule has 0 bridgehead atoms. The molecule has 3 aromatic heterocycles. The Balaban J connectivity index is 1.41. The normalized spacial score (nSPS) is 11.6. The minimum absolute atomic E-state index is 0.166. The lowest BCUT2D eigenvalue weighted by Gasteiger charge is -2.01. The van der Waals surface area contributed by atoms with E-state index in [9.17, 15) is 0 Å². The maximum Gasteiger partial charge on any atom is 0.192 e. The molecule has 0 unspecified atom stereocenters. The van der Waals surface area contributed by atoms with Gasteiger partial charge in [0.05, 0.1) is 23.5 Å². The Morgan fingerprint density at radius 3 is 2.57 bits per heavy atom. The highest BCUT2D eigenvalue weighted by Gasteiger charge is 2.13. The molecule has 8 heteroatoms. The molecule has 0 spiro atoms. The van der Waals surface area contributed by atoms with Crippen molar-refractivity contribution in [2.45, 2.75) is 6.61 Å². The van der Waals surface area contributed by atoms with Crippen molar-refractivity contribution in [2.75, 3.05) is 0 Å². The minimum atomic E-state index is 0.166. The van der Waals surface area contributed by atoms with Crippen molar-refractivity contribution in [1.82, 2.24) is 29.4 Å². The number of para-hydroxylation sites is 1. The lowest BCUT2D eigenvalue weighted by molar-refractivity contribution is 0.126. The van der Waals surface area contributed by atoms with Crippen LogP contribution in [0.4, 0.5) is 0 Å². The number of aromatic nitrogens is 6. The lowest BCUT2D eigenvalue weighted by Crippen LogP contribution is -1.98. The van der Waals surface area contributed by atoms with Crippen LogP contribution in [-0.4, -0.2) is 35.6 Å². The topological polar surface area (TPSA) is 82.5 Å². The molecular weight excluding hydrogens is 354 g/mol. The summed E-state index contributed by atoms with van der Waals surface area (Å²) in [5.41, 5.74) is 3.30. The Hall–Kier alpha value is -4.07. The van der Waals surface area contributed by atoms with Crippen molar-refractivity contribution < 1.29 is 4.84 Å². The molecular formula is C20H15N7O. The third-order valence-corrected chi connectivity index (χ3v) is 4.22. The van der Waals surface area contributed by atoms with Crippen molar-refractivity contribution in [3.63, 3.8) is 0 Å². The fourth-order valence-electron chi connectivity index (χ4n) is 2.92. The first-order valence-electron chi connectivity index (χ1n) is 8.72. The quantitative estimate of drug-likeness (QED) is 0.351. The molecule has 0 N–H and O–H groups in total. The summed E-state index contributed by atoms with van der Waals surface area (Å²) >= 11 is 0. The standard InChI is InChI=1S/C20H15N7O/c1-3-7-15(8-4-1)11-23-28-13-18-24-20-17-12-22-27(16-9-5-2-6-10-16)19(17)21-14-26(20)25-18/h1-12,14H,13H2/b23-11+. The predicted molar refractivity (Wildman–Crippen MR) is 104 cm³/mol. The van der Waals surface area contributed by atoms with Gasteiger partial charge in [0.2, 0.25) is 0 Å². The predicted octanol–water partition coefficient (Wildman–Crippen LogP) is 3.01. The third kappa shape index (κ3) is 2.96. The van der Waals surface area contributed by atoms with Gasteiger partial charge >= 0.3 is 0 Å². The number of hydrogen-bond donors (Lipinski definition) is 0.